The predicted octanol–water partition coefficient (Wildman–Crippen LogP) is 15.2. The summed E-state index contributed by atoms with van der Waals surface area (Å²) in [4.78, 5) is 2.70. The van der Waals surface area contributed by atoms with Gasteiger partial charge in [-0.25, -0.2) is 0 Å². The molecule has 3 aliphatic rings. The second kappa shape index (κ2) is 12.1. The highest BCUT2D eigenvalue weighted by Gasteiger charge is 2.47. The van der Waals surface area contributed by atoms with Crippen molar-refractivity contribution in [3.05, 3.63) is 138 Å². The molecule has 0 saturated carbocycles. The van der Waals surface area contributed by atoms with E-state index in [9.17, 15) is 0 Å². The number of benzene rings is 7. The van der Waals surface area contributed by atoms with Crippen molar-refractivity contribution in [1.82, 2.24) is 4.57 Å². The molecule has 0 amide bonds. The smallest absolute Gasteiger partial charge is 0.333 e. The monoisotopic (exact) mass is 836 g/mol. The van der Waals surface area contributed by atoms with Crippen molar-refractivity contribution in [2.45, 2.75) is 104 Å². The maximum absolute atomic E-state index is 7.29. The zero-order valence-corrected chi connectivity index (χ0v) is 39.0. The van der Waals surface area contributed by atoms with Crippen LogP contribution >= 0.6 is 11.3 Å². The summed E-state index contributed by atoms with van der Waals surface area (Å²) in [6.07, 6.45) is 2.33. The van der Waals surface area contributed by atoms with E-state index < -0.39 is 0 Å². The second-order valence-electron chi connectivity index (χ2n) is 22.4. The molecule has 13 rings (SSSR count). The maximum Gasteiger partial charge on any atom is 0.333 e. The Labute approximate surface area is 374 Å². The van der Waals surface area contributed by atoms with Crippen LogP contribution in [0.1, 0.15) is 104 Å². The molecule has 0 unspecified atom stereocenters. The first-order valence-corrected chi connectivity index (χ1v) is 23.8. The number of anilines is 2. The molecule has 0 bridgehead atoms. The van der Waals surface area contributed by atoms with Crippen molar-refractivity contribution >= 4 is 104 Å². The molecule has 3 aromatic heterocycles. The van der Waals surface area contributed by atoms with Gasteiger partial charge in [-0.2, -0.15) is 0 Å². The molecule has 0 saturated heterocycles. The van der Waals surface area contributed by atoms with E-state index in [2.05, 4.69) is 194 Å². The molecule has 0 fully saturated rings. The van der Waals surface area contributed by atoms with E-state index in [1.807, 2.05) is 11.3 Å². The second-order valence-corrected chi connectivity index (χ2v) is 23.5. The van der Waals surface area contributed by atoms with Gasteiger partial charge < -0.3 is 13.8 Å². The Morgan fingerprint density at radius 2 is 1.27 bits per heavy atom. The molecule has 310 valence electrons. The Morgan fingerprint density at radius 3 is 2.00 bits per heavy atom. The number of furan rings is 1. The predicted molar refractivity (Wildman–Crippen MR) is 273 cm³/mol. The average molecular weight is 837 g/mol. The minimum absolute atomic E-state index is 0.0406. The number of fused-ring (bicyclic) bond motifs is 17. The maximum atomic E-state index is 7.29. The molecule has 1 aliphatic carbocycles. The lowest BCUT2D eigenvalue weighted by molar-refractivity contribution is 0.332. The van der Waals surface area contributed by atoms with Crippen molar-refractivity contribution in [3.63, 3.8) is 0 Å². The summed E-state index contributed by atoms with van der Waals surface area (Å²) in [6.45, 7) is 23.7. The van der Waals surface area contributed by atoms with Gasteiger partial charge in [-0.1, -0.05) is 130 Å². The quantitative estimate of drug-likeness (QED) is 0.154. The van der Waals surface area contributed by atoms with Gasteiger partial charge in [0.1, 0.15) is 11.2 Å². The van der Waals surface area contributed by atoms with E-state index in [1.165, 1.54) is 121 Å². The Bertz CT molecular complexity index is 3650. The summed E-state index contributed by atoms with van der Waals surface area (Å²) in [7, 11) is 0. The number of thiophene rings is 1. The van der Waals surface area contributed by atoms with E-state index in [4.69, 9.17) is 4.42 Å². The molecule has 2 aliphatic heterocycles. The van der Waals surface area contributed by atoms with Gasteiger partial charge in [-0.05, 0) is 128 Å². The third-order valence-corrected chi connectivity index (χ3v) is 16.7. The first kappa shape index (κ1) is 37.8. The third-order valence-electron chi connectivity index (χ3n) is 15.5. The Kier molecular flexibility index (Phi) is 7.23. The number of rotatable bonds is 1. The highest BCUT2D eigenvalue weighted by molar-refractivity contribution is 7.26. The Hall–Kier alpha value is -5.78. The molecule has 5 heteroatoms. The number of nitrogens with zero attached hydrogens (tertiary/aromatic N) is 2. The van der Waals surface area contributed by atoms with E-state index >= 15 is 0 Å². The van der Waals surface area contributed by atoms with Gasteiger partial charge in [0, 0.05) is 59.0 Å². The van der Waals surface area contributed by atoms with Crippen molar-refractivity contribution in [2.24, 2.45) is 0 Å². The van der Waals surface area contributed by atoms with Gasteiger partial charge in [0.05, 0.1) is 16.4 Å². The summed E-state index contributed by atoms with van der Waals surface area (Å²) < 4.78 is 12.6. The summed E-state index contributed by atoms with van der Waals surface area (Å²) in [5.74, 6) is 0. The van der Waals surface area contributed by atoms with Crippen molar-refractivity contribution in [2.75, 3.05) is 4.81 Å². The number of para-hydroxylation sites is 1. The van der Waals surface area contributed by atoms with Gasteiger partial charge in [-0.15, -0.1) is 11.3 Å². The van der Waals surface area contributed by atoms with Crippen molar-refractivity contribution in [3.8, 4) is 16.8 Å². The van der Waals surface area contributed by atoms with Crippen LogP contribution in [0.4, 0.5) is 11.4 Å². The summed E-state index contributed by atoms with van der Waals surface area (Å²) >= 11 is 1.92. The molecule has 63 heavy (non-hydrogen) atoms. The molecular formula is C58H53BN2OS. The van der Waals surface area contributed by atoms with Crippen molar-refractivity contribution in [1.29, 1.82) is 0 Å². The topological polar surface area (TPSA) is 21.3 Å². The first-order chi connectivity index (χ1) is 30.0. The van der Waals surface area contributed by atoms with E-state index in [1.54, 1.807) is 0 Å². The lowest BCUT2D eigenvalue weighted by Crippen LogP contribution is -2.60. The molecule has 0 atom stereocenters. The molecule has 0 N–H and O–H groups in total. The van der Waals surface area contributed by atoms with E-state index in [0.29, 0.717) is 0 Å². The van der Waals surface area contributed by atoms with Crippen LogP contribution in [0.3, 0.4) is 0 Å². The highest BCUT2D eigenvalue weighted by Crippen LogP contribution is 2.54. The lowest BCUT2D eigenvalue weighted by Gasteiger charge is -2.43. The first-order valence-electron chi connectivity index (χ1n) is 23.0. The fourth-order valence-corrected chi connectivity index (χ4v) is 13.0. The molecule has 3 nitrogen and oxygen atoms in total. The van der Waals surface area contributed by atoms with Crippen LogP contribution in [-0.4, -0.2) is 11.4 Å². The zero-order chi connectivity index (χ0) is 43.3. The number of hydrogen-bond donors (Lipinski definition) is 0. The fraction of sp³-hybridized carbons (Fsp3) is 0.276. The fourth-order valence-electron chi connectivity index (χ4n) is 11.9. The SMILES string of the molecule is CC(C)(C)c1ccc(N2B3c4cc5c(cc4-n4c6cc7c(cc6c6c8oc9ccccc9c8c(c3c64)-c3cc(C(C)(C)C)ccc32)C(C)(C)CCC7(C)C)sc2ccccc25)cc1. The highest BCUT2D eigenvalue weighted by atomic mass is 32.1. The van der Waals surface area contributed by atoms with Gasteiger partial charge in [0.25, 0.3) is 0 Å². The summed E-state index contributed by atoms with van der Waals surface area (Å²) in [5.41, 5.74) is 19.2. The van der Waals surface area contributed by atoms with E-state index in [0.717, 1.165) is 17.6 Å². The molecule has 0 spiro atoms. The van der Waals surface area contributed by atoms with Gasteiger partial charge in [-0.3, -0.25) is 0 Å². The van der Waals surface area contributed by atoms with Crippen LogP contribution in [-0.2, 0) is 21.7 Å². The van der Waals surface area contributed by atoms with Crippen molar-refractivity contribution < 1.29 is 4.42 Å². The van der Waals surface area contributed by atoms with Crippen LogP contribution < -0.4 is 15.7 Å². The lowest BCUT2D eigenvalue weighted by atomic mass is 9.43. The molecule has 10 aromatic rings. The standard InChI is InChI=1S/C58H53BN2OS/c1-55(2,3)32-19-22-34(23-20-32)61-43-24-21-33(56(4,5)6)27-38(43)49-50-36-16-11-13-17-46(36)62-54(50)51-39-28-40-41(58(9,10)26-25-57(40,7)8)30-44(39)60-45-31-48-37(35-15-12-14-18-47(35)63-48)29-42(45)59(61)52(49)53(51)60/h11-24,27-31H,25-26H2,1-10H3. The average Bonchev–Trinajstić information content (AvgIpc) is 3.92. The largest absolute Gasteiger partial charge is 0.455 e. The van der Waals surface area contributed by atoms with E-state index in [-0.39, 0.29) is 28.5 Å². The molecule has 0 radical (unpaired) electrons. The number of aromatic nitrogens is 1. The van der Waals surface area contributed by atoms with Crippen LogP contribution in [0.15, 0.2) is 120 Å². The number of hydrogen-bond acceptors (Lipinski definition) is 3. The Balaban J connectivity index is 1.29. The zero-order valence-electron chi connectivity index (χ0n) is 38.2. The van der Waals surface area contributed by atoms with Crippen LogP contribution in [0.2, 0.25) is 0 Å². The third kappa shape index (κ3) is 4.98. The van der Waals surface area contributed by atoms with Crippen LogP contribution in [0.5, 0.6) is 0 Å². The molecule has 5 heterocycles. The van der Waals surface area contributed by atoms with Crippen LogP contribution in [0.25, 0.3) is 80.7 Å². The molecule has 7 aromatic carbocycles. The molecular weight excluding hydrogens is 784 g/mol. The minimum Gasteiger partial charge on any atom is -0.455 e. The van der Waals surface area contributed by atoms with Gasteiger partial charge in [0.2, 0.25) is 0 Å². The van der Waals surface area contributed by atoms with Gasteiger partial charge >= 0.3 is 6.85 Å². The van der Waals surface area contributed by atoms with Crippen LogP contribution in [0, 0.1) is 0 Å². The Morgan fingerprint density at radius 1 is 0.603 bits per heavy atom. The minimum atomic E-state index is -0.105. The normalized spacial score (nSPS) is 16.5. The van der Waals surface area contributed by atoms with Gasteiger partial charge in [0.15, 0.2) is 0 Å². The summed E-state index contributed by atoms with van der Waals surface area (Å²) in [6, 6.07) is 44.9. The summed E-state index contributed by atoms with van der Waals surface area (Å²) in [5, 5.41) is 7.60.